The van der Waals surface area contributed by atoms with Gasteiger partial charge in [-0.1, -0.05) is 0 Å². The maximum Gasteiger partial charge on any atom is 0.302 e. The number of fused-ring (bicyclic) bond motifs is 2. The molecule has 0 aromatic heterocycles. The Hall–Kier alpha value is -0.610. The first-order valence-electron chi connectivity index (χ1n) is 5.67. The van der Waals surface area contributed by atoms with Crippen molar-refractivity contribution < 1.29 is 14.6 Å². The first kappa shape index (κ1) is 10.9. The fourth-order valence-corrected chi connectivity index (χ4v) is 2.98. The summed E-state index contributed by atoms with van der Waals surface area (Å²) < 4.78 is 5.32. The molecule has 2 bridgehead atoms. The van der Waals surface area contributed by atoms with Crippen LogP contribution in [0.25, 0.3) is 0 Å². The lowest BCUT2D eigenvalue weighted by molar-refractivity contribution is -0.159. The summed E-state index contributed by atoms with van der Waals surface area (Å²) in [4.78, 5) is 13.1. The number of hydrogen-bond donors (Lipinski definition) is 1. The molecule has 0 radical (unpaired) electrons. The monoisotopic (exact) mass is 213 g/mol. The van der Waals surface area contributed by atoms with Crippen LogP contribution in [0.15, 0.2) is 0 Å². The van der Waals surface area contributed by atoms with Crippen LogP contribution >= 0.6 is 0 Å². The van der Waals surface area contributed by atoms with Crippen LogP contribution in [0.2, 0.25) is 0 Å². The van der Waals surface area contributed by atoms with Gasteiger partial charge in [-0.25, -0.2) is 0 Å². The average Bonchev–Trinajstić information content (AvgIpc) is 2.13. The van der Waals surface area contributed by atoms with Gasteiger partial charge in [0, 0.05) is 19.0 Å². The molecule has 0 amide bonds. The van der Waals surface area contributed by atoms with Gasteiger partial charge in [-0.2, -0.15) is 0 Å². The van der Waals surface area contributed by atoms with Crippen molar-refractivity contribution in [1.29, 1.82) is 0 Å². The number of aliphatic hydroxyl groups is 1. The second kappa shape index (κ2) is 4.10. The molecule has 2 saturated heterocycles. The van der Waals surface area contributed by atoms with Gasteiger partial charge in [0.05, 0.1) is 6.10 Å². The smallest absolute Gasteiger partial charge is 0.302 e. The zero-order chi connectivity index (χ0) is 11.0. The van der Waals surface area contributed by atoms with Crippen molar-refractivity contribution in [2.45, 2.75) is 56.9 Å². The Morgan fingerprint density at radius 2 is 1.93 bits per heavy atom. The Bertz CT molecular complexity index is 256. The van der Waals surface area contributed by atoms with Gasteiger partial charge in [0.15, 0.2) is 0 Å². The topological polar surface area (TPSA) is 49.8 Å². The SMILES string of the molecule is CC(=O)O[C@H]1CC[C@H]2[C@@H](O)CC[C@@H]1N2C. The third-order valence-electron chi connectivity index (χ3n) is 3.74. The lowest BCUT2D eigenvalue weighted by Gasteiger charge is -2.49. The highest BCUT2D eigenvalue weighted by Crippen LogP contribution is 2.34. The van der Waals surface area contributed by atoms with Crippen LogP contribution in [0.3, 0.4) is 0 Å². The van der Waals surface area contributed by atoms with Crippen molar-refractivity contribution in [3.63, 3.8) is 0 Å². The Labute approximate surface area is 90.2 Å². The number of hydrogen-bond acceptors (Lipinski definition) is 4. The molecule has 1 N–H and O–H groups in total. The van der Waals surface area contributed by atoms with E-state index in [4.69, 9.17) is 4.74 Å². The minimum atomic E-state index is -0.204. The van der Waals surface area contributed by atoms with E-state index < -0.39 is 0 Å². The number of carbonyl (C=O) groups is 1. The standard InChI is InChI=1S/C11H19NO3/c1-7(13)15-11-6-4-8-10(14)5-3-9(11)12(8)2/h8-11,14H,3-6H2,1-2H3/t8-,9-,10-,11-/m0/s1. The van der Waals surface area contributed by atoms with Gasteiger partial charge in [0.2, 0.25) is 0 Å². The molecule has 2 aliphatic rings. The number of rotatable bonds is 1. The molecule has 0 unspecified atom stereocenters. The van der Waals surface area contributed by atoms with Crippen molar-refractivity contribution in [3.05, 3.63) is 0 Å². The van der Waals surface area contributed by atoms with Crippen molar-refractivity contribution in [2.75, 3.05) is 7.05 Å². The van der Waals surface area contributed by atoms with Gasteiger partial charge in [-0.05, 0) is 32.7 Å². The second-order valence-corrected chi connectivity index (χ2v) is 4.67. The van der Waals surface area contributed by atoms with Crippen LogP contribution in [0.1, 0.15) is 32.6 Å². The summed E-state index contributed by atoms with van der Waals surface area (Å²) in [5.41, 5.74) is 0. The van der Waals surface area contributed by atoms with Crippen molar-refractivity contribution in [1.82, 2.24) is 4.90 Å². The fraction of sp³-hybridized carbons (Fsp3) is 0.909. The number of aliphatic hydroxyl groups excluding tert-OH is 1. The predicted molar refractivity (Wildman–Crippen MR) is 55.4 cm³/mol. The van der Waals surface area contributed by atoms with Crippen molar-refractivity contribution >= 4 is 5.97 Å². The molecule has 0 aromatic rings. The van der Waals surface area contributed by atoms with Gasteiger partial charge < -0.3 is 9.84 Å². The lowest BCUT2D eigenvalue weighted by atomic mass is 9.81. The molecular weight excluding hydrogens is 194 g/mol. The van der Waals surface area contributed by atoms with Gasteiger partial charge >= 0.3 is 5.97 Å². The summed E-state index contributed by atoms with van der Waals surface area (Å²) in [5, 5.41) is 9.81. The van der Waals surface area contributed by atoms with E-state index in [2.05, 4.69) is 4.90 Å². The first-order chi connectivity index (χ1) is 7.09. The Morgan fingerprint density at radius 3 is 2.60 bits per heavy atom. The van der Waals surface area contributed by atoms with Crippen molar-refractivity contribution in [3.8, 4) is 0 Å². The van der Waals surface area contributed by atoms with Crippen LogP contribution in [0, 0.1) is 0 Å². The number of nitrogens with zero attached hydrogens (tertiary/aromatic N) is 1. The summed E-state index contributed by atoms with van der Waals surface area (Å²) in [6, 6.07) is 0.562. The summed E-state index contributed by atoms with van der Waals surface area (Å²) in [6.07, 6.45) is 3.38. The highest BCUT2D eigenvalue weighted by Gasteiger charge is 2.43. The van der Waals surface area contributed by atoms with E-state index in [-0.39, 0.29) is 24.2 Å². The molecule has 0 spiro atoms. The Morgan fingerprint density at radius 1 is 1.27 bits per heavy atom. The van der Waals surface area contributed by atoms with E-state index in [1.807, 2.05) is 7.05 Å². The summed E-state index contributed by atoms with van der Waals surface area (Å²) >= 11 is 0. The van der Waals surface area contributed by atoms with Crippen LogP contribution in [-0.4, -0.2) is 47.3 Å². The van der Waals surface area contributed by atoms with E-state index in [0.717, 1.165) is 25.7 Å². The number of carbonyl (C=O) groups excluding carboxylic acids is 1. The predicted octanol–water partition coefficient (Wildman–Crippen LogP) is 0.536. The average molecular weight is 213 g/mol. The number of ether oxygens (including phenoxy) is 1. The maximum atomic E-state index is 11.0. The zero-order valence-electron chi connectivity index (χ0n) is 9.35. The molecule has 2 rings (SSSR count). The molecule has 0 aliphatic carbocycles. The van der Waals surface area contributed by atoms with E-state index >= 15 is 0 Å². The van der Waals surface area contributed by atoms with Gasteiger partial charge in [-0.3, -0.25) is 9.69 Å². The molecule has 2 fully saturated rings. The second-order valence-electron chi connectivity index (χ2n) is 4.67. The summed E-state index contributed by atoms with van der Waals surface area (Å²) in [5.74, 6) is -0.196. The maximum absolute atomic E-state index is 11.0. The molecule has 4 nitrogen and oxygen atoms in total. The molecule has 86 valence electrons. The first-order valence-corrected chi connectivity index (χ1v) is 5.67. The van der Waals surface area contributed by atoms with Crippen LogP contribution in [0.5, 0.6) is 0 Å². The molecule has 4 atom stereocenters. The fourth-order valence-electron chi connectivity index (χ4n) is 2.98. The highest BCUT2D eigenvalue weighted by molar-refractivity contribution is 5.66. The third-order valence-corrected chi connectivity index (χ3v) is 3.74. The van der Waals surface area contributed by atoms with E-state index in [1.165, 1.54) is 6.92 Å². The third kappa shape index (κ3) is 2.01. The quantitative estimate of drug-likeness (QED) is 0.646. The van der Waals surface area contributed by atoms with Gasteiger partial charge in [0.1, 0.15) is 6.10 Å². The normalized spacial score (nSPS) is 41.3. The minimum Gasteiger partial charge on any atom is -0.461 e. The molecule has 0 saturated carbocycles. The van der Waals surface area contributed by atoms with Crippen molar-refractivity contribution in [2.24, 2.45) is 0 Å². The highest BCUT2D eigenvalue weighted by atomic mass is 16.5. The zero-order valence-corrected chi connectivity index (χ0v) is 9.35. The lowest BCUT2D eigenvalue weighted by Crippen LogP contribution is -2.59. The molecule has 0 aromatic carbocycles. The van der Waals surface area contributed by atoms with E-state index in [0.29, 0.717) is 6.04 Å². The molecule has 2 heterocycles. The summed E-state index contributed by atoms with van der Waals surface area (Å²) in [7, 11) is 2.02. The number of esters is 1. The largest absolute Gasteiger partial charge is 0.461 e. The molecule has 4 heteroatoms. The van der Waals surface area contributed by atoms with Gasteiger partial charge in [-0.15, -0.1) is 0 Å². The molecular formula is C11H19NO3. The Balaban J connectivity index is 2.05. The van der Waals surface area contributed by atoms with Crippen LogP contribution in [-0.2, 0) is 9.53 Å². The summed E-state index contributed by atoms with van der Waals surface area (Å²) in [6.45, 7) is 1.46. The van der Waals surface area contributed by atoms with Crippen LogP contribution < -0.4 is 0 Å². The molecule has 2 aliphatic heterocycles. The minimum absolute atomic E-state index is 0.0243. The van der Waals surface area contributed by atoms with E-state index in [9.17, 15) is 9.90 Å². The molecule has 15 heavy (non-hydrogen) atoms. The van der Waals surface area contributed by atoms with E-state index in [1.54, 1.807) is 0 Å². The van der Waals surface area contributed by atoms with Crippen LogP contribution in [0.4, 0.5) is 0 Å². The van der Waals surface area contributed by atoms with Gasteiger partial charge in [0.25, 0.3) is 0 Å². The number of piperidine rings is 2. The number of likely N-dealkylation sites (N-methyl/N-ethyl adjacent to an activating group) is 1. The Kier molecular flexibility index (Phi) is 2.98.